The lowest BCUT2D eigenvalue weighted by molar-refractivity contribution is 0.0785. The van der Waals surface area contributed by atoms with Crippen molar-refractivity contribution in [2.45, 2.75) is 31.5 Å². The maximum Gasteiger partial charge on any atom is 0.407 e. The first-order valence-electron chi connectivity index (χ1n) is 5.91. The van der Waals surface area contributed by atoms with Gasteiger partial charge in [0.25, 0.3) is 0 Å². The van der Waals surface area contributed by atoms with Gasteiger partial charge in [-0.2, -0.15) is 0 Å². The van der Waals surface area contributed by atoms with E-state index in [-0.39, 0.29) is 6.04 Å². The van der Waals surface area contributed by atoms with Crippen LogP contribution in [0.3, 0.4) is 0 Å². The maximum atomic E-state index is 11.2. The molecule has 0 atom stereocenters. The van der Waals surface area contributed by atoms with Gasteiger partial charge in [0.05, 0.1) is 0 Å². The van der Waals surface area contributed by atoms with Gasteiger partial charge in [0, 0.05) is 18.6 Å². The Labute approximate surface area is 101 Å². The van der Waals surface area contributed by atoms with E-state index >= 15 is 0 Å². The van der Waals surface area contributed by atoms with E-state index in [2.05, 4.69) is 5.32 Å². The molecule has 1 aromatic carbocycles. The zero-order valence-corrected chi connectivity index (χ0v) is 9.97. The summed E-state index contributed by atoms with van der Waals surface area (Å²) < 4.78 is 0. The molecule has 92 valence electrons. The maximum absolute atomic E-state index is 11.2. The Kier molecular flexibility index (Phi) is 3.64. The van der Waals surface area contributed by atoms with Crippen molar-refractivity contribution in [2.75, 3.05) is 7.05 Å². The Hall–Kier alpha value is -1.55. The summed E-state index contributed by atoms with van der Waals surface area (Å²) in [6, 6.07) is 10.4. The van der Waals surface area contributed by atoms with Crippen molar-refractivity contribution >= 4 is 6.09 Å². The first-order chi connectivity index (χ1) is 8.20. The number of rotatable bonds is 4. The lowest BCUT2D eigenvalue weighted by Crippen LogP contribution is -2.52. The molecule has 0 unspecified atom stereocenters. The molecule has 0 spiro atoms. The highest BCUT2D eigenvalue weighted by Crippen LogP contribution is 2.26. The fraction of sp³-hybridized carbons (Fsp3) is 0.462. The van der Waals surface area contributed by atoms with Crippen LogP contribution < -0.4 is 5.32 Å². The van der Waals surface area contributed by atoms with Crippen LogP contribution in [0.2, 0.25) is 0 Å². The topological polar surface area (TPSA) is 52.6 Å². The average Bonchev–Trinajstić information content (AvgIpc) is 2.27. The predicted molar refractivity (Wildman–Crippen MR) is 65.9 cm³/mol. The van der Waals surface area contributed by atoms with Crippen molar-refractivity contribution in [2.24, 2.45) is 0 Å². The molecule has 1 fully saturated rings. The summed E-state index contributed by atoms with van der Waals surface area (Å²) >= 11 is 0. The first-order valence-corrected chi connectivity index (χ1v) is 5.91. The number of amides is 1. The van der Waals surface area contributed by atoms with Gasteiger partial charge in [-0.05, 0) is 25.5 Å². The number of nitrogens with zero attached hydrogens (tertiary/aromatic N) is 1. The molecule has 4 nitrogen and oxygen atoms in total. The van der Waals surface area contributed by atoms with Gasteiger partial charge in [0.1, 0.15) is 0 Å². The summed E-state index contributed by atoms with van der Waals surface area (Å²) in [5.74, 6) is 0. The van der Waals surface area contributed by atoms with Gasteiger partial charge >= 0.3 is 6.09 Å². The summed E-state index contributed by atoms with van der Waals surface area (Å²) in [7, 11) is 1.92. The minimum absolute atomic E-state index is 0.158. The highest BCUT2D eigenvalue weighted by atomic mass is 16.4. The Balaban J connectivity index is 1.97. The van der Waals surface area contributed by atoms with Crippen LogP contribution in [0.25, 0.3) is 0 Å². The highest BCUT2D eigenvalue weighted by molar-refractivity contribution is 5.65. The number of carboxylic acid groups (broad SMARTS) is 1. The standard InChI is InChI=1S/C13H18N2O2/c1-14-11-7-12(8-11)15(13(16)17)9-10-5-3-2-4-6-10/h2-6,11-12,14H,7-9H2,1H3,(H,16,17). The molecular weight excluding hydrogens is 216 g/mol. The van der Waals surface area contributed by atoms with E-state index in [4.69, 9.17) is 0 Å². The minimum Gasteiger partial charge on any atom is -0.465 e. The smallest absolute Gasteiger partial charge is 0.407 e. The molecule has 1 saturated carbocycles. The molecule has 0 aromatic heterocycles. The van der Waals surface area contributed by atoms with Crippen LogP contribution in [0.5, 0.6) is 0 Å². The molecule has 0 aliphatic heterocycles. The third-order valence-corrected chi connectivity index (χ3v) is 3.40. The van der Waals surface area contributed by atoms with E-state index in [0.717, 1.165) is 18.4 Å². The van der Waals surface area contributed by atoms with Gasteiger partial charge in [-0.3, -0.25) is 0 Å². The number of carbonyl (C=O) groups is 1. The number of benzene rings is 1. The van der Waals surface area contributed by atoms with Crippen molar-refractivity contribution in [3.63, 3.8) is 0 Å². The van der Waals surface area contributed by atoms with Gasteiger partial charge in [-0.15, -0.1) is 0 Å². The van der Waals surface area contributed by atoms with E-state index in [1.54, 1.807) is 4.90 Å². The van der Waals surface area contributed by atoms with E-state index in [0.29, 0.717) is 12.6 Å². The van der Waals surface area contributed by atoms with E-state index in [9.17, 15) is 9.90 Å². The second kappa shape index (κ2) is 5.19. The molecule has 0 radical (unpaired) electrons. The molecule has 1 aliphatic carbocycles. The quantitative estimate of drug-likeness (QED) is 0.836. The summed E-state index contributed by atoms with van der Waals surface area (Å²) in [5.41, 5.74) is 1.04. The molecule has 2 N–H and O–H groups in total. The molecule has 1 amide bonds. The van der Waals surface area contributed by atoms with Gasteiger partial charge in [0.2, 0.25) is 0 Å². The zero-order valence-electron chi connectivity index (χ0n) is 9.97. The van der Waals surface area contributed by atoms with Crippen LogP contribution in [0.1, 0.15) is 18.4 Å². The molecule has 4 heteroatoms. The first kappa shape index (κ1) is 11.9. The Morgan fingerprint density at radius 1 is 1.41 bits per heavy atom. The fourth-order valence-electron chi connectivity index (χ4n) is 2.21. The SMILES string of the molecule is CNC1CC(N(Cc2ccccc2)C(=O)O)C1. The monoisotopic (exact) mass is 234 g/mol. The summed E-state index contributed by atoms with van der Waals surface area (Å²) in [5, 5.41) is 12.4. The minimum atomic E-state index is -0.826. The normalized spacial score (nSPS) is 22.9. The van der Waals surface area contributed by atoms with Crippen LogP contribution in [0, 0.1) is 0 Å². The second-order valence-electron chi connectivity index (χ2n) is 4.51. The largest absolute Gasteiger partial charge is 0.465 e. The second-order valence-corrected chi connectivity index (χ2v) is 4.51. The third kappa shape index (κ3) is 2.77. The summed E-state index contributed by atoms with van der Waals surface area (Å²) in [6.45, 7) is 0.483. The van der Waals surface area contributed by atoms with Crippen LogP contribution in [-0.4, -0.2) is 35.2 Å². The van der Waals surface area contributed by atoms with Crippen molar-refractivity contribution in [1.29, 1.82) is 0 Å². The average molecular weight is 234 g/mol. The molecule has 0 heterocycles. The molecule has 0 saturated heterocycles. The van der Waals surface area contributed by atoms with Gasteiger partial charge < -0.3 is 15.3 Å². The van der Waals surface area contributed by atoms with Crippen LogP contribution in [0.4, 0.5) is 4.79 Å². The number of hydrogen-bond acceptors (Lipinski definition) is 2. The molecule has 2 rings (SSSR count). The third-order valence-electron chi connectivity index (χ3n) is 3.40. The predicted octanol–water partition coefficient (Wildman–Crippen LogP) is 1.92. The lowest BCUT2D eigenvalue weighted by Gasteiger charge is -2.41. The van der Waals surface area contributed by atoms with Crippen molar-refractivity contribution in [3.05, 3.63) is 35.9 Å². The Morgan fingerprint density at radius 3 is 2.59 bits per heavy atom. The zero-order chi connectivity index (χ0) is 12.3. The number of nitrogens with one attached hydrogen (secondary N) is 1. The van der Waals surface area contributed by atoms with Crippen LogP contribution >= 0.6 is 0 Å². The van der Waals surface area contributed by atoms with Crippen LogP contribution in [0.15, 0.2) is 30.3 Å². The van der Waals surface area contributed by atoms with Crippen molar-refractivity contribution < 1.29 is 9.90 Å². The van der Waals surface area contributed by atoms with Crippen molar-refractivity contribution in [1.82, 2.24) is 10.2 Å². The fourth-order valence-corrected chi connectivity index (χ4v) is 2.21. The van der Waals surface area contributed by atoms with E-state index in [1.807, 2.05) is 37.4 Å². The van der Waals surface area contributed by atoms with Gasteiger partial charge in [-0.25, -0.2) is 4.79 Å². The molecule has 17 heavy (non-hydrogen) atoms. The molecular formula is C13H18N2O2. The van der Waals surface area contributed by atoms with Gasteiger partial charge in [-0.1, -0.05) is 30.3 Å². The van der Waals surface area contributed by atoms with Crippen LogP contribution in [-0.2, 0) is 6.54 Å². The number of hydrogen-bond donors (Lipinski definition) is 2. The van der Waals surface area contributed by atoms with Crippen molar-refractivity contribution in [3.8, 4) is 0 Å². The lowest BCUT2D eigenvalue weighted by atomic mass is 9.85. The Bertz CT molecular complexity index is 374. The highest BCUT2D eigenvalue weighted by Gasteiger charge is 2.35. The summed E-state index contributed by atoms with van der Waals surface area (Å²) in [4.78, 5) is 12.8. The summed E-state index contributed by atoms with van der Waals surface area (Å²) in [6.07, 6.45) is 0.999. The van der Waals surface area contributed by atoms with E-state index < -0.39 is 6.09 Å². The molecule has 1 aliphatic rings. The van der Waals surface area contributed by atoms with E-state index in [1.165, 1.54) is 0 Å². The molecule has 1 aromatic rings. The van der Waals surface area contributed by atoms with Gasteiger partial charge in [0.15, 0.2) is 0 Å². The molecule has 0 bridgehead atoms. The Morgan fingerprint density at radius 2 is 2.06 bits per heavy atom.